The van der Waals surface area contributed by atoms with Gasteiger partial charge in [0.2, 0.25) is 6.08 Å². The molecular formula is C6H7NO2S. The van der Waals surface area contributed by atoms with Gasteiger partial charge in [-0.2, -0.15) is 0 Å². The first-order valence-electron chi connectivity index (χ1n) is 3.08. The molecule has 1 fully saturated rings. The number of carbonyl (C=O) groups is 1. The average molecular weight is 157 g/mol. The average Bonchev–Trinajstić information content (AvgIpc) is 2.38. The molecular weight excluding hydrogens is 150 g/mol. The Kier molecular flexibility index (Phi) is 2.66. The molecule has 1 atom stereocenters. The Bertz CT molecular complexity index is 180. The molecule has 1 amide bonds. The number of rotatable bonds is 1. The van der Waals surface area contributed by atoms with Crippen molar-refractivity contribution in [2.24, 2.45) is 4.99 Å². The minimum atomic E-state index is -0.322. The van der Waals surface area contributed by atoms with Gasteiger partial charge in [-0.05, 0) is 18.6 Å². The van der Waals surface area contributed by atoms with E-state index in [1.165, 1.54) is 6.08 Å². The van der Waals surface area contributed by atoms with Crippen molar-refractivity contribution in [1.82, 2.24) is 0 Å². The van der Waals surface area contributed by atoms with Crippen molar-refractivity contribution in [3.63, 3.8) is 0 Å². The first-order chi connectivity index (χ1) is 4.84. The highest BCUT2D eigenvalue weighted by Gasteiger charge is 2.22. The number of thioether (sulfide) groups is 1. The van der Waals surface area contributed by atoms with Crippen LogP contribution in [0.2, 0.25) is 0 Å². The highest BCUT2D eigenvalue weighted by molar-refractivity contribution is 8.00. The van der Waals surface area contributed by atoms with Gasteiger partial charge in [-0.15, -0.1) is 16.8 Å². The van der Waals surface area contributed by atoms with Crippen LogP contribution in [0, 0.1) is 0 Å². The molecule has 0 aromatic carbocycles. The molecule has 1 saturated heterocycles. The summed E-state index contributed by atoms with van der Waals surface area (Å²) in [5, 5.41) is -0.0681. The van der Waals surface area contributed by atoms with Crippen LogP contribution in [-0.2, 0) is 9.59 Å². The molecule has 0 spiro atoms. The summed E-state index contributed by atoms with van der Waals surface area (Å²) in [5.74, 6) is 0.683. The highest BCUT2D eigenvalue weighted by atomic mass is 32.2. The van der Waals surface area contributed by atoms with Gasteiger partial charge in [-0.25, -0.2) is 4.79 Å². The fourth-order valence-electron chi connectivity index (χ4n) is 0.889. The molecule has 3 nitrogen and oxygen atoms in total. The zero-order chi connectivity index (χ0) is 7.40. The maximum absolute atomic E-state index is 10.8. The Morgan fingerprint density at radius 2 is 2.50 bits per heavy atom. The zero-order valence-electron chi connectivity index (χ0n) is 5.37. The van der Waals surface area contributed by atoms with Crippen molar-refractivity contribution in [3.05, 3.63) is 0 Å². The van der Waals surface area contributed by atoms with Crippen LogP contribution >= 0.6 is 11.8 Å². The van der Waals surface area contributed by atoms with Gasteiger partial charge in [-0.1, -0.05) is 0 Å². The first-order valence-corrected chi connectivity index (χ1v) is 4.13. The van der Waals surface area contributed by atoms with E-state index in [1.54, 1.807) is 11.8 Å². The zero-order valence-corrected chi connectivity index (χ0v) is 6.19. The van der Waals surface area contributed by atoms with Crippen molar-refractivity contribution in [2.45, 2.75) is 18.1 Å². The van der Waals surface area contributed by atoms with E-state index in [2.05, 4.69) is 4.99 Å². The predicted molar refractivity (Wildman–Crippen MR) is 38.6 cm³/mol. The molecule has 0 bridgehead atoms. The summed E-state index contributed by atoms with van der Waals surface area (Å²) < 4.78 is 0. The molecule has 0 aromatic heterocycles. The molecule has 1 aliphatic heterocycles. The molecule has 10 heavy (non-hydrogen) atoms. The highest BCUT2D eigenvalue weighted by Crippen LogP contribution is 2.26. The molecule has 1 rings (SSSR count). The van der Waals surface area contributed by atoms with Crippen LogP contribution < -0.4 is 0 Å². The van der Waals surface area contributed by atoms with Crippen LogP contribution in [0.3, 0.4) is 0 Å². The lowest BCUT2D eigenvalue weighted by Crippen LogP contribution is -2.09. The van der Waals surface area contributed by atoms with Gasteiger partial charge < -0.3 is 0 Å². The van der Waals surface area contributed by atoms with E-state index in [9.17, 15) is 9.59 Å². The van der Waals surface area contributed by atoms with Crippen LogP contribution in [0.4, 0.5) is 0 Å². The minimum Gasteiger partial charge on any atom is -0.271 e. The van der Waals surface area contributed by atoms with Crippen molar-refractivity contribution < 1.29 is 9.59 Å². The number of carbonyl (C=O) groups excluding carboxylic acids is 2. The monoisotopic (exact) mass is 157 g/mol. The van der Waals surface area contributed by atoms with E-state index in [-0.39, 0.29) is 11.2 Å². The molecule has 4 heteroatoms. The molecule has 0 radical (unpaired) electrons. The lowest BCUT2D eigenvalue weighted by molar-refractivity contribution is -0.117. The van der Waals surface area contributed by atoms with Gasteiger partial charge in [0.15, 0.2) is 0 Å². The Morgan fingerprint density at radius 3 is 3.00 bits per heavy atom. The minimum absolute atomic E-state index is 0.0681. The van der Waals surface area contributed by atoms with Gasteiger partial charge in [0.25, 0.3) is 5.91 Å². The third-order valence-electron chi connectivity index (χ3n) is 1.36. The van der Waals surface area contributed by atoms with Gasteiger partial charge in [0.05, 0.1) is 5.25 Å². The topological polar surface area (TPSA) is 46.5 Å². The van der Waals surface area contributed by atoms with Crippen LogP contribution in [-0.4, -0.2) is 23.0 Å². The van der Waals surface area contributed by atoms with Crippen LogP contribution in [0.25, 0.3) is 0 Å². The number of amides is 1. The van der Waals surface area contributed by atoms with Gasteiger partial charge in [0, 0.05) is 0 Å². The lowest BCUT2D eigenvalue weighted by atomic mass is 10.2. The van der Waals surface area contributed by atoms with E-state index in [0.29, 0.717) is 0 Å². The summed E-state index contributed by atoms with van der Waals surface area (Å²) in [4.78, 5) is 23.5. The number of aliphatic imine (C=N–C) groups is 1. The standard InChI is InChI=1S/C6H7NO2S/c8-4-7-6(9)5-2-1-3-10-5/h5H,1-3H2. The maximum Gasteiger partial charge on any atom is 0.269 e. The van der Waals surface area contributed by atoms with Crippen molar-refractivity contribution in [3.8, 4) is 0 Å². The van der Waals surface area contributed by atoms with Crippen molar-refractivity contribution in [2.75, 3.05) is 5.75 Å². The van der Waals surface area contributed by atoms with Gasteiger partial charge in [-0.3, -0.25) is 4.79 Å². The summed E-state index contributed by atoms with van der Waals surface area (Å²) in [6.07, 6.45) is 3.16. The molecule has 0 aliphatic carbocycles. The summed E-state index contributed by atoms with van der Waals surface area (Å²) in [7, 11) is 0. The maximum atomic E-state index is 10.8. The molecule has 1 aliphatic rings. The van der Waals surface area contributed by atoms with Crippen LogP contribution in [0.1, 0.15) is 12.8 Å². The fourth-order valence-corrected chi connectivity index (χ4v) is 2.04. The molecule has 1 heterocycles. The Labute approximate surface area is 62.9 Å². The number of hydrogen-bond acceptors (Lipinski definition) is 3. The number of nitrogens with zero attached hydrogens (tertiary/aromatic N) is 1. The van der Waals surface area contributed by atoms with E-state index in [0.717, 1.165) is 18.6 Å². The molecule has 0 N–H and O–H groups in total. The molecule has 54 valence electrons. The van der Waals surface area contributed by atoms with Crippen molar-refractivity contribution in [1.29, 1.82) is 0 Å². The summed E-state index contributed by atoms with van der Waals surface area (Å²) >= 11 is 1.57. The summed E-state index contributed by atoms with van der Waals surface area (Å²) in [5.41, 5.74) is 0. The number of hydrogen-bond donors (Lipinski definition) is 0. The van der Waals surface area contributed by atoms with Crippen molar-refractivity contribution >= 4 is 23.7 Å². The second kappa shape index (κ2) is 3.54. The predicted octanol–water partition coefficient (Wildman–Crippen LogP) is 0.744. The normalized spacial score (nSPS) is 23.8. The second-order valence-electron chi connectivity index (χ2n) is 2.04. The molecule has 0 aromatic rings. The quantitative estimate of drug-likeness (QED) is 0.416. The van der Waals surface area contributed by atoms with Gasteiger partial charge in [0.1, 0.15) is 0 Å². The van der Waals surface area contributed by atoms with E-state index in [1.807, 2.05) is 0 Å². The Hall–Kier alpha value is -0.600. The fraction of sp³-hybridized carbons (Fsp3) is 0.667. The Balaban J connectivity index is 2.47. The summed E-state index contributed by atoms with van der Waals surface area (Å²) in [6, 6.07) is 0. The Morgan fingerprint density at radius 1 is 1.70 bits per heavy atom. The third kappa shape index (κ3) is 1.69. The first kappa shape index (κ1) is 7.51. The van der Waals surface area contributed by atoms with Gasteiger partial charge >= 0.3 is 0 Å². The van der Waals surface area contributed by atoms with E-state index < -0.39 is 0 Å². The van der Waals surface area contributed by atoms with E-state index in [4.69, 9.17) is 0 Å². The van der Waals surface area contributed by atoms with E-state index >= 15 is 0 Å². The largest absolute Gasteiger partial charge is 0.271 e. The molecule has 1 unspecified atom stereocenters. The number of isocyanates is 1. The lowest BCUT2D eigenvalue weighted by Gasteiger charge is -1.97. The van der Waals surface area contributed by atoms with Crippen LogP contribution in [0.15, 0.2) is 4.99 Å². The second-order valence-corrected chi connectivity index (χ2v) is 3.35. The smallest absolute Gasteiger partial charge is 0.269 e. The molecule has 0 saturated carbocycles. The third-order valence-corrected chi connectivity index (χ3v) is 2.73. The SMILES string of the molecule is O=C=NC(=O)C1CCCS1. The van der Waals surface area contributed by atoms with Crippen LogP contribution in [0.5, 0.6) is 0 Å². The summed E-state index contributed by atoms with van der Waals surface area (Å²) in [6.45, 7) is 0.